The average Bonchev–Trinajstić information content (AvgIpc) is 2.81. The minimum absolute atomic E-state index is 0.250. The molecule has 1 aliphatic rings. The van der Waals surface area contributed by atoms with Crippen LogP contribution in [0.15, 0.2) is 29.4 Å². The van der Waals surface area contributed by atoms with Gasteiger partial charge in [-0.25, -0.2) is 4.79 Å². The predicted molar refractivity (Wildman–Crippen MR) is 70.5 cm³/mol. The van der Waals surface area contributed by atoms with E-state index in [1.165, 1.54) is 6.92 Å². The summed E-state index contributed by atoms with van der Waals surface area (Å²) >= 11 is 0. The van der Waals surface area contributed by atoms with Gasteiger partial charge in [0.25, 0.3) is 0 Å². The van der Waals surface area contributed by atoms with Crippen molar-refractivity contribution < 1.29 is 19.5 Å². The quantitative estimate of drug-likeness (QED) is 0.886. The van der Waals surface area contributed by atoms with Crippen molar-refractivity contribution in [1.29, 1.82) is 0 Å². The number of hydrogen-bond donors (Lipinski definition) is 1. The van der Waals surface area contributed by atoms with Crippen LogP contribution in [0.4, 0.5) is 0 Å². The number of oxime groups is 1. The van der Waals surface area contributed by atoms with E-state index in [2.05, 4.69) is 5.16 Å². The maximum absolute atomic E-state index is 11.1. The second kappa shape index (κ2) is 5.30. The average molecular weight is 263 g/mol. The fourth-order valence-corrected chi connectivity index (χ4v) is 1.79. The Morgan fingerprint density at radius 1 is 1.58 bits per heavy atom. The highest BCUT2D eigenvalue weighted by Gasteiger charge is 2.42. The van der Waals surface area contributed by atoms with E-state index in [0.717, 1.165) is 17.7 Å². The lowest BCUT2D eigenvalue weighted by atomic mass is 9.96. The summed E-state index contributed by atoms with van der Waals surface area (Å²) in [4.78, 5) is 16.1. The van der Waals surface area contributed by atoms with Crippen LogP contribution >= 0.6 is 0 Å². The minimum atomic E-state index is -1.27. The van der Waals surface area contributed by atoms with Crippen LogP contribution in [-0.4, -0.2) is 29.0 Å². The van der Waals surface area contributed by atoms with Crippen molar-refractivity contribution in [1.82, 2.24) is 0 Å². The van der Waals surface area contributed by atoms with Gasteiger partial charge in [-0.15, -0.1) is 0 Å². The molecule has 0 saturated heterocycles. The van der Waals surface area contributed by atoms with E-state index < -0.39 is 11.6 Å². The maximum atomic E-state index is 11.1. The first-order chi connectivity index (χ1) is 9.05. The normalized spacial score (nSPS) is 21.7. The Morgan fingerprint density at radius 3 is 3.00 bits per heavy atom. The molecule has 0 aliphatic carbocycles. The number of carboxylic acids is 1. The van der Waals surface area contributed by atoms with Crippen LogP contribution in [0.2, 0.25) is 0 Å². The summed E-state index contributed by atoms with van der Waals surface area (Å²) in [6.07, 6.45) is 1.19. The van der Waals surface area contributed by atoms with Crippen molar-refractivity contribution in [3.8, 4) is 5.75 Å². The third-order valence-corrected chi connectivity index (χ3v) is 2.95. The van der Waals surface area contributed by atoms with Crippen LogP contribution in [0, 0.1) is 0 Å². The summed E-state index contributed by atoms with van der Waals surface area (Å²) in [6, 6.07) is 7.45. The van der Waals surface area contributed by atoms with Gasteiger partial charge in [-0.3, -0.25) is 0 Å². The molecular formula is C14H17NO4. The van der Waals surface area contributed by atoms with Crippen LogP contribution in [0.5, 0.6) is 5.75 Å². The first-order valence-electron chi connectivity index (χ1n) is 6.27. The Kier molecular flexibility index (Phi) is 3.74. The molecule has 5 nitrogen and oxygen atoms in total. The Labute approximate surface area is 111 Å². The van der Waals surface area contributed by atoms with Crippen molar-refractivity contribution in [2.75, 3.05) is 6.61 Å². The summed E-state index contributed by atoms with van der Waals surface area (Å²) in [5.41, 5.74) is 0.195. The molecule has 1 unspecified atom stereocenters. The molecule has 2 rings (SSSR count). The van der Waals surface area contributed by atoms with E-state index in [1.54, 1.807) is 0 Å². The Bertz CT molecular complexity index is 512. The molecular weight excluding hydrogens is 246 g/mol. The first kappa shape index (κ1) is 13.4. The van der Waals surface area contributed by atoms with Crippen LogP contribution in [0.25, 0.3) is 0 Å². The molecule has 102 valence electrons. The Balaban J connectivity index is 2.13. The third-order valence-electron chi connectivity index (χ3n) is 2.95. The van der Waals surface area contributed by atoms with Gasteiger partial charge in [0, 0.05) is 12.0 Å². The number of carbonyl (C=O) groups is 1. The number of benzene rings is 1. The predicted octanol–water partition coefficient (Wildman–Crippen LogP) is 2.44. The zero-order valence-corrected chi connectivity index (χ0v) is 11.0. The number of nitrogens with zero attached hydrogens (tertiary/aromatic N) is 1. The maximum Gasteiger partial charge on any atom is 0.351 e. The van der Waals surface area contributed by atoms with E-state index in [0.29, 0.717) is 12.3 Å². The molecule has 0 saturated carbocycles. The lowest BCUT2D eigenvalue weighted by Gasteiger charge is -2.14. The Morgan fingerprint density at radius 2 is 2.37 bits per heavy atom. The van der Waals surface area contributed by atoms with Gasteiger partial charge in [-0.2, -0.15) is 0 Å². The second-order valence-electron chi connectivity index (χ2n) is 4.72. The summed E-state index contributed by atoms with van der Waals surface area (Å²) in [5.74, 6) is -0.254. The van der Waals surface area contributed by atoms with Gasteiger partial charge in [0.1, 0.15) is 5.75 Å². The Hall–Kier alpha value is -2.04. The lowest BCUT2D eigenvalue weighted by molar-refractivity contribution is -0.160. The molecule has 1 aromatic carbocycles. The van der Waals surface area contributed by atoms with E-state index in [9.17, 15) is 4.79 Å². The van der Waals surface area contributed by atoms with Gasteiger partial charge >= 0.3 is 5.97 Å². The van der Waals surface area contributed by atoms with Gasteiger partial charge in [0.15, 0.2) is 0 Å². The SMILES string of the molecule is CCCOc1cccc(C2=NOC(C)(C(=O)O)C2)c1. The van der Waals surface area contributed by atoms with Crippen LogP contribution in [0.1, 0.15) is 32.3 Å². The fraction of sp³-hybridized carbons (Fsp3) is 0.429. The zero-order valence-electron chi connectivity index (χ0n) is 11.0. The standard InChI is InChI=1S/C14H17NO4/c1-3-7-18-11-6-4-5-10(8-11)12-9-14(2,13(16)17)19-15-12/h4-6,8H,3,7,9H2,1-2H3,(H,16,17). The highest BCUT2D eigenvalue weighted by Crippen LogP contribution is 2.27. The van der Waals surface area contributed by atoms with E-state index in [4.69, 9.17) is 14.7 Å². The number of rotatable bonds is 5. The molecule has 19 heavy (non-hydrogen) atoms. The number of hydrogen-bond acceptors (Lipinski definition) is 4. The first-order valence-corrected chi connectivity index (χ1v) is 6.27. The van der Waals surface area contributed by atoms with Crippen molar-refractivity contribution in [2.45, 2.75) is 32.3 Å². The van der Waals surface area contributed by atoms with Crippen molar-refractivity contribution >= 4 is 11.7 Å². The molecule has 1 aromatic rings. The second-order valence-corrected chi connectivity index (χ2v) is 4.72. The summed E-state index contributed by atoms with van der Waals surface area (Å²) in [6.45, 7) is 4.21. The van der Waals surface area contributed by atoms with Crippen molar-refractivity contribution in [3.63, 3.8) is 0 Å². The molecule has 1 heterocycles. The smallest absolute Gasteiger partial charge is 0.351 e. The number of carboxylic acid groups (broad SMARTS) is 1. The summed E-state index contributed by atoms with van der Waals surface area (Å²) in [7, 11) is 0. The van der Waals surface area contributed by atoms with E-state index in [1.807, 2.05) is 31.2 Å². The molecule has 0 spiro atoms. The van der Waals surface area contributed by atoms with Gasteiger partial charge in [0.2, 0.25) is 5.60 Å². The van der Waals surface area contributed by atoms with Crippen LogP contribution in [0.3, 0.4) is 0 Å². The van der Waals surface area contributed by atoms with E-state index in [-0.39, 0.29) is 6.42 Å². The summed E-state index contributed by atoms with van der Waals surface area (Å²) in [5, 5.41) is 13.0. The monoisotopic (exact) mass is 263 g/mol. The molecule has 0 fully saturated rings. The highest BCUT2D eigenvalue weighted by molar-refractivity contribution is 6.04. The van der Waals surface area contributed by atoms with Crippen molar-refractivity contribution in [3.05, 3.63) is 29.8 Å². The van der Waals surface area contributed by atoms with Crippen LogP contribution < -0.4 is 4.74 Å². The van der Waals surface area contributed by atoms with Gasteiger partial charge in [-0.1, -0.05) is 24.2 Å². The van der Waals surface area contributed by atoms with E-state index >= 15 is 0 Å². The zero-order chi connectivity index (χ0) is 13.9. The number of ether oxygens (including phenoxy) is 1. The molecule has 1 N–H and O–H groups in total. The number of aliphatic carboxylic acids is 1. The fourth-order valence-electron chi connectivity index (χ4n) is 1.79. The van der Waals surface area contributed by atoms with Crippen molar-refractivity contribution in [2.24, 2.45) is 5.16 Å². The molecule has 0 aromatic heterocycles. The third kappa shape index (κ3) is 2.86. The summed E-state index contributed by atoms with van der Waals surface area (Å²) < 4.78 is 5.54. The molecule has 0 bridgehead atoms. The molecule has 1 atom stereocenters. The molecule has 0 radical (unpaired) electrons. The van der Waals surface area contributed by atoms with Gasteiger partial charge in [0.05, 0.1) is 12.3 Å². The van der Waals surface area contributed by atoms with Gasteiger partial charge < -0.3 is 14.7 Å². The minimum Gasteiger partial charge on any atom is -0.494 e. The molecule has 1 aliphatic heterocycles. The largest absolute Gasteiger partial charge is 0.494 e. The molecule has 0 amide bonds. The highest BCUT2D eigenvalue weighted by atomic mass is 16.7. The lowest BCUT2D eigenvalue weighted by Crippen LogP contribution is -2.35. The molecule has 5 heteroatoms. The van der Waals surface area contributed by atoms with Gasteiger partial charge in [-0.05, 0) is 25.5 Å². The topological polar surface area (TPSA) is 68.1 Å². The van der Waals surface area contributed by atoms with Crippen LogP contribution in [-0.2, 0) is 9.63 Å².